The Morgan fingerprint density at radius 3 is 2.83 bits per heavy atom. The van der Waals surface area contributed by atoms with Crippen molar-refractivity contribution in [3.05, 3.63) is 29.6 Å². The molecule has 2 aliphatic heterocycles. The maximum absolute atomic E-state index is 12.6. The average molecular weight is 317 g/mol. The van der Waals surface area contributed by atoms with Gasteiger partial charge in [-0.15, -0.1) is 0 Å². The number of carbonyl (C=O) groups is 2. The number of aryl methyl sites for hydroxylation is 1. The van der Waals surface area contributed by atoms with Gasteiger partial charge in [-0.1, -0.05) is 0 Å². The molecule has 6 nitrogen and oxygen atoms in total. The molecule has 1 N–H and O–H groups in total. The van der Waals surface area contributed by atoms with Gasteiger partial charge < -0.3 is 15.0 Å². The first-order valence-corrected chi connectivity index (χ1v) is 8.03. The van der Waals surface area contributed by atoms with Crippen molar-refractivity contribution in [3.8, 4) is 0 Å². The Balaban J connectivity index is 1.68. The molecule has 2 saturated heterocycles. The van der Waals surface area contributed by atoms with Gasteiger partial charge in [-0.25, -0.2) is 0 Å². The van der Waals surface area contributed by atoms with Gasteiger partial charge in [-0.3, -0.25) is 14.6 Å². The summed E-state index contributed by atoms with van der Waals surface area (Å²) in [5.41, 5.74) is 1.54. The van der Waals surface area contributed by atoms with Crippen LogP contribution in [0.5, 0.6) is 0 Å². The second-order valence-corrected chi connectivity index (χ2v) is 6.63. The summed E-state index contributed by atoms with van der Waals surface area (Å²) >= 11 is 0. The van der Waals surface area contributed by atoms with Gasteiger partial charge in [0.05, 0.1) is 18.1 Å². The fourth-order valence-corrected chi connectivity index (χ4v) is 3.74. The van der Waals surface area contributed by atoms with Crippen LogP contribution in [0.2, 0.25) is 0 Å². The maximum Gasteiger partial charge on any atom is 0.255 e. The monoisotopic (exact) mass is 317 g/mol. The number of hydrogen-bond donors (Lipinski definition) is 1. The normalized spacial score (nSPS) is 23.1. The third-order valence-electron chi connectivity index (χ3n) is 5.17. The van der Waals surface area contributed by atoms with Gasteiger partial charge in [-0.2, -0.15) is 0 Å². The van der Waals surface area contributed by atoms with E-state index in [-0.39, 0.29) is 23.1 Å². The van der Waals surface area contributed by atoms with E-state index in [1.54, 1.807) is 19.5 Å². The van der Waals surface area contributed by atoms with Crippen molar-refractivity contribution in [1.82, 2.24) is 15.2 Å². The third kappa shape index (κ3) is 2.95. The van der Waals surface area contributed by atoms with Crippen LogP contribution in [0.3, 0.4) is 0 Å². The molecule has 3 rings (SSSR count). The number of carbonyl (C=O) groups excluding carboxylic acids is 2. The summed E-state index contributed by atoms with van der Waals surface area (Å²) in [5.74, 6) is -0.00322. The molecule has 1 atom stereocenters. The van der Waals surface area contributed by atoms with Gasteiger partial charge >= 0.3 is 0 Å². The van der Waals surface area contributed by atoms with E-state index >= 15 is 0 Å². The SMILES string of the molecule is COC[C@H]1C(=O)NCC12CCN(C(=O)c1cncc(C)c1)CC2. The summed E-state index contributed by atoms with van der Waals surface area (Å²) in [6.45, 7) is 4.40. The minimum atomic E-state index is -0.106. The van der Waals surface area contributed by atoms with E-state index in [0.717, 1.165) is 18.4 Å². The molecule has 0 unspecified atom stereocenters. The molecule has 2 fully saturated rings. The van der Waals surface area contributed by atoms with Gasteiger partial charge in [0, 0.05) is 44.6 Å². The zero-order chi connectivity index (χ0) is 16.4. The smallest absolute Gasteiger partial charge is 0.255 e. The lowest BCUT2D eigenvalue weighted by molar-refractivity contribution is -0.126. The largest absolute Gasteiger partial charge is 0.384 e. The van der Waals surface area contributed by atoms with Crippen molar-refractivity contribution >= 4 is 11.8 Å². The predicted molar refractivity (Wildman–Crippen MR) is 84.9 cm³/mol. The molecule has 2 aliphatic rings. The van der Waals surface area contributed by atoms with Crippen LogP contribution < -0.4 is 5.32 Å². The van der Waals surface area contributed by atoms with Crippen LogP contribution in [0.15, 0.2) is 18.5 Å². The fraction of sp³-hybridized carbons (Fsp3) is 0.588. The van der Waals surface area contributed by atoms with Gasteiger partial charge in [0.15, 0.2) is 0 Å². The molecule has 1 aromatic rings. The van der Waals surface area contributed by atoms with Crippen LogP contribution in [0.1, 0.15) is 28.8 Å². The average Bonchev–Trinajstić information content (AvgIpc) is 2.85. The molecular weight excluding hydrogens is 294 g/mol. The second-order valence-electron chi connectivity index (χ2n) is 6.63. The molecule has 1 aromatic heterocycles. The van der Waals surface area contributed by atoms with E-state index < -0.39 is 0 Å². The molecule has 0 saturated carbocycles. The fourth-order valence-electron chi connectivity index (χ4n) is 3.74. The number of piperidine rings is 1. The third-order valence-corrected chi connectivity index (χ3v) is 5.17. The van der Waals surface area contributed by atoms with E-state index in [1.165, 1.54) is 0 Å². The topological polar surface area (TPSA) is 71.5 Å². The molecule has 124 valence electrons. The van der Waals surface area contributed by atoms with E-state index in [1.807, 2.05) is 17.9 Å². The molecule has 23 heavy (non-hydrogen) atoms. The number of rotatable bonds is 3. The van der Waals surface area contributed by atoms with Crippen LogP contribution in [-0.2, 0) is 9.53 Å². The first kappa shape index (κ1) is 15.9. The van der Waals surface area contributed by atoms with E-state index in [0.29, 0.717) is 31.8 Å². The second kappa shape index (κ2) is 6.28. The Hall–Kier alpha value is -1.95. The van der Waals surface area contributed by atoms with Gasteiger partial charge in [-0.05, 0) is 31.4 Å². The van der Waals surface area contributed by atoms with E-state index in [9.17, 15) is 9.59 Å². The quantitative estimate of drug-likeness (QED) is 0.903. The van der Waals surface area contributed by atoms with E-state index in [4.69, 9.17) is 4.74 Å². The molecule has 2 amide bonds. The molecule has 3 heterocycles. The highest BCUT2D eigenvalue weighted by Gasteiger charge is 2.49. The van der Waals surface area contributed by atoms with Crippen LogP contribution in [0.25, 0.3) is 0 Å². The lowest BCUT2D eigenvalue weighted by atomic mass is 9.71. The summed E-state index contributed by atoms with van der Waals surface area (Å²) in [6, 6.07) is 1.87. The summed E-state index contributed by atoms with van der Waals surface area (Å²) in [6.07, 6.45) is 5.01. The van der Waals surface area contributed by atoms with Crippen molar-refractivity contribution in [2.45, 2.75) is 19.8 Å². The zero-order valence-electron chi connectivity index (χ0n) is 13.7. The van der Waals surface area contributed by atoms with Crippen LogP contribution in [-0.4, -0.2) is 55.0 Å². The number of nitrogens with zero attached hydrogens (tertiary/aromatic N) is 2. The standard InChI is InChI=1S/C17H23N3O3/c1-12-7-13(9-18-8-12)16(22)20-5-3-17(4-6-20)11-19-15(21)14(17)10-23-2/h7-9,14H,3-6,10-11H2,1-2H3,(H,19,21)/t14-/m0/s1. The zero-order valence-corrected chi connectivity index (χ0v) is 13.7. The van der Waals surface area contributed by atoms with Crippen molar-refractivity contribution in [2.75, 3.05) is 33.4 Å². The highest BCUT2D eigenvalue weighted by Crippen LogP contribution is 2.42. The number of pyridine rings is 1. The van der Waals surface area contributed by atoms with Crippen molar-refractivity contribution < 1.29 is 14.3 Å². The Morgan fingerprint density at radius 1 is 1.43 bits per heavy atom. The number of hydrogen-bond acceptors (Lipinski definition) is 4. The number of ether oxygens (including phenoxy) is 1. The maximum atomic E-state index is 12.6. The number of amides is 2. The summed E-state index contributed by atoms with van der Waals surface area (Å²) < 4.78 is 5.23. The number of likely N-dealkylation sites (tertiary alicyclic amines) is 1. The van der Waals surface area contributed by atoms with Crippen LogP contribution in [0.4, 0.5) is 0 Å². The van der Waals surface area contributed by atoms with Gasteiger partial charge in [0.1, 0.15) is 0 Å². The Bertz CT molecular complexity index is 609. The highest BCUT2D eigenvalue weighted by atomic mass is 16.5. The highest BCUT2D eigenvalue weighted by molar-refractivity contribution is 5.94. The molecule has 6 heteroatoms. The van der Waals surface area contributed by atoms with Crippen molar-refractivity contribution in [1.29, 1.82) is 0 Å². The van der Waals surface area contributed by atoms with Gasteiger partial charge in [0.2, 0.25) is 5.91 Å². The number of nitrogens with one attached hydrogen (secondary N) is 1. The summed E-state index contributed by atoms with van der Waals surface area (Å²) in [7, 11) is 1.63. The van der Waals surface area contributed by atoms with E-state index in [2.05, 4.69) is 10.3 Å². The van der Waals surface area contributed by atoms with Crippen molar-refractivity contribution in [3.63, 3.8) is 0 Å². The molecule has 0 aromatic carbocycles. The lowest BCUT2D eigenvalue weighted by Gasteiger charge is -2.41. The Kier molecular flexibility index (Phi) is 4.35. The van der Waals surface area contributed by atoms with Gasteiger partial charge in [0.25, 0.3) is 5.91 Å². The Morgan fingerprint density at radius 2 is 2.17 bits per heavy atom. The summed E-state index contributed by atoms with van der Waals surface area (Å²) in [4.78, 5) is 30.6. The van der Waals surface area contributed by atoms with Crippen molar-refractivity contribution in [2.24, 2.45) is 11.3 Å². The molecule has 0 radical (unpaired) electrons. The first-order chi connectivity index (χ1) is 11.1. The van der Waals surface area contributed by atoms with Crippen LogP contribution >= 0.6 is 0 Å². The first-order valence-electron chi connectivity index (χ1n) is 8.03. The van der Waals surface area contributed by atoms with Crippen LogP contribution in [0, 0.1) is 18.3 Å². The molecule has 0 bridgehead atoms. The minimum Gasteiger partial charge on any atom is -0.384 e. The number of methoxy groups -OCH3 is 1. The molecule has 1 spiro atoms. The Labute approximate surface area is 136 Å². The number of aromatic nitrogens is 1. The summed E-state index contributed by atoms with van der Waals surface area (Å²) in [5, 5.41) is 2.97. The lowest BCUT2D eigenvalue weighted by Crippen LogP contribution is -2.47. The molecule has 0 aliphatic carbocycles. The predicted octanol–water partition coefficient (Wildman–Crippen LogP) is 1.00. The molecular formula is C17H23N3O3. The minimum absolute atomic E-state index is 0.0247.